The van der Waals surface area contributed by atoms with Gasteiger partial charge in [0.25, 0.3) is 0 Å². The van der Waals surface area contributed by atoms with Crippen molar-refractivity contribution in [1.29, 1.82) is 0 Å². The van der Waals surface area contributed by atoms with Crippen LogP contribution in [0.5, 0.6) is 0 Å². The summed E-state index contributed by atoms with van der Waals surface area (Å²) in [7, 11) is 1.92. The van der Waals surface area contributed by atoms with Gasteiger partial charge in [0.1, 0.15) is 0 Å². The van der Waals surface area contributed by atoms with Gasteiger partial charge in [-0.3, -0.25) is 4.68 Å². The highest BCUT2D eigenvalue weighted by Gasteiger charge is 1.98. The molecule has 5 nitrogen and oxygen atoms in total. The highest BCUT2D eigenvalue weighted by atomic mass is 127. The Bertz CT molecular complexity index is 375. The molecule has 0 aromatic carbocycles. The molecule has 0 aliphatic heterocycles. The Morgan fingerprint density at radius 3 is 2.65 bits per heavy atom. The number of aryl methyl sites for hydroxylation is 1. The first kappa shape index (κ1) is 19.2. The summed E-state index contributed by atoms with van der Waals surface area (Å²) in [6.45, 7) is 6.84. The summed E-state index contributed by atoms with van der Waals surface area (Å²) < 4.78 is 1.80. The summed E-state index contributed by atoms with van der Waals surface area (Å²) >= 11 is 0. The molecule has 6 heteroatoms. The number of nitrogens with zero attached hydrogens (tertiary/aromatic N) is 3. The topological polar surface area (TPSA) is 54.2 Å². The fraction of sp³-hybridized carbons (Fsp3) is 0.714. The Labute approximate surface area is 139 Å². The van der Waals surface area contributed by atoms with E-state index in [2.05, 4.69) is 34.6 Å². The van der Waals surface area contributed by atoms with Gasteiger partial charge < -0.3 is 10.6 Å². The Kier molecular flexibility index (Phi) is 11.5. The van der Waals surface area contributed by atoms with Gasteiger partial charge in [0.15, 0.2) is 5.96 Å². The van der Waals surface area contributed by atoms with Gasteiger partial charge in [0.05, 0.1) is 12.7 Å². The second-order valence-electron chi connectivity index (χ2n) is 4.70. The summed E-state index contributed by atoms with van der Waals surface area (Å²) in [5.74, 6) is 0.892. The molecule has 0 aliphatic rings. The fourth-order valence-electron chi connectivity index (χ4n) is 1.82. The highest BCUT2D eigenvalue weighted by Crippen LogP contribution is 1.99. The molecular formula is C14H28IN5. The molecule has 1 aromatic rings. The van der Waals surface area contributed by atoms with Gasteiger partial charge in [-0.05, 0) is 13.3 Å². The van der Waals surface area contributed by atoms with E-state index in [1.165, 1.54) is 25.7 Å². The average Bonchev–Trinajstić information content (AvgIpc) is 2.81. The van der Waals surface area contributed by atoms with Crippen LogP contribution in [0.25, 0.3) is 0 Å². The third-order valence-electron chi connectivity index (χ3n) is 2.85. The molecule has 0 amide bonds. The lowest BCUT2D eigenvalue weighted by atomic mass is 10.2. The number of halogens is 1. The van der Waals surface area contributed by atoms with Gasteiger partial charge >= 0.3 is 0 Å². The van der Waals surface area contributed by atoms with Crippen molar-refractivity contribution < 1.29 is 0 Å². The number of hydrogen-bond donors (Lipinski definition) is 2. The molecule has 0 spiro atoms. The van der Waals surface area contributed by atoms with E-state index in [4.69, 9.17) is 0 Å². The number of nitrogens with one attached hydrogen (secondary N) is 2. The second kappa shape index (κ2) is 12.0. The van der Waals surface area contributed by atoms with Crippen molar-refractivity contribution in [2.24, 2.45) is 12.0 Å². The second-order valence-corrected chi connectivity index (χ2v) is 4.70. The zero-order chi connectivity index (χ0) is 13.9. The van der Waals surface area contributed by atoms with E-state index in [-0.39, 0.29) is 24.0 Å². The minimum Gasteiger partial charge on any atom is -0.357 e. The molecule has 1 aromatic heterocycles. The number of aliphatic imine (C=N–C) groups is 1. The third-order valence-corrected chi connectivity index (χ3v) is 2.85. The maximum absolute atomic E-state index is 4.56. The SMILES string of the molecule is CCCCCCNC(=NCc1cnn(C)c1)NCC.I. The molecule has 1 rings (SSSR count). The first-order valence-electron chi connectivity index (χ1n) is 7.26. The summed E-state index contributed by atoms with van der Waals surface area (Å²) in [6, 6.07) is 0. The standard InChI is InChI=1S/C14H27N5.HI/c1-4-6-7-8-9-16-14(15-5-2)17-10-13-11-18-19(3)12-13;/h11-12H,4-10H2,1-3H3,(H2,15,16,17);1H. The van der Waals surface area contributed by atoms with Crippen LogP contribution >= 0.6 is 24.0 Å². The maximum atomic E-state index is 4.56. The van der Waals surface area contributed by atoms with Gasteiger partial charge in [0, 0.05) is 31.9 Å². The first-order valence-corrected chi connectivity index (χ1v) is 7.26. The van der Waals surface area contributed by atoms with E-state index in [0.717, 1.165) is 24.6 Å². The molecule has 0 atom stereocenters. The number of aromatic nitrogens is 2. The van der Waals surface area contributed by atoms with Crippen LogP contribution in [0.15, 0.2) is 17.4 Å². The van der Waals surface area contributed by atoms with Crippen molar-refractivity contribution in [2.45, 2.75) is 46.1 Å². The lowest BCUT2D eigenvalue weighted by molar-refractivity contribution is 0.647. The van der Waals surface area contributed by atoms with Crippen LogP contribution in [0.4, 0.5) is 0 Å². The van der Waals surface area contributed by atoms with E-state index >= 15 is 0 Å². The number of rotatable bonds is 8. The lowest BCUT2D eigenvalue weighted by Crippen LogP contribution is -2.37. The summed E-state index contributed by atoms with van der Waals surface area (Å²) in [6.07, 6.45) is 8.92. The predicted octanol–water partition coefficient (Wildman–Crippen LogP) is 2.67. The molecule has 0 saturated carbocycles. The van der Waals surface area contributed by atoms with Crippen molar-refractivity contribution in [3.05, 3.63) is 18.0 Å². The van der Waals surface area contributed by atoms with Crippen molar-refractivity contribution in [3.63, 3.8) is 0 Å². The van der Waals surface area contributed by atoms with Crippen molar-refractivity contribution in [3.8, 4) is 0 Å². The Morgan fingerprint density at radius 1 is 1.25 bits per heavy atom. The molecular weight excluding hydrogens is 365 g/mol. The number of guanidine groups is 1. The first-order chi connectivity index (χ1) is 9.26. The van der Waals surface area contributed by atoms with Crippen LogP contribution in [0.3, 0.4) is 0 Å². The lowest BCUT2D eigenvalue weighted by Gasteiger charge is -2.10. The molecule has 0 unspecified atom stereocenters. The molecule has 0 bridgehead atoms. The third kappa shape index (κ3) is 8.39. The Morgan fingerprint density at radius 2 is 2.05 bits per heavy atom. The number of hydrogen-bond acceptors (Lipinski definition) is 2. The molecule has 0 saturated heterocycles. The molecule has 116 valence electrons. The van der Waals surface area contributed by atoms with E-state index in [1.807, 2.05) is 19.4 Å². The summed E-state index contributed by atoms with van der Waals surface area (Å²) in [5.41, 5.74) is 1.13. The summed E-state index contributed by atoms with van der Waals surface area (Å²) in [5, 5.41) is 10.8. The quantitative estimate of drug-likeness (QED) is 0.309. The maximum Gasteiger partial charge on any atom is 0.191 e. The van der Waals surface area contributed by atoms with E-state index in [0.29, 0.717) is 6.54 Å². The van der Waals surface area contributed by atoms with Crippen molar-refractivity contribution in [1.82, 2.24) is 20.4 Å². The zero-order valence-electron chi connectivity index (χ0n) is 12.9. The zero-order valence-corrected chi connectivity index (χ0v) is 15.2. The molecule has 0 radical (unpaired) electrons. The molecule has 2 N–H and O–H groups in total. The Hall–Kier alpha value is -0.790. The van der Waals surface area contributed by atoms with Gasteiger partial charge in [0.2, 0.25) is 0 Å². The highest BCUT2D eigenvalue weighted by molar-refractivity contribution is 14.0. The fourth-order valence-corrected chi connectivity index (χ4v) is 1.82. The van der Waals surface area contributed by atoms with E-state index < -0.39 is 0 Å². The van der Waals surface area contributed by atoms with Gasteiger partial charge in [-0.1, -0.05) is 26.2 Å². The minimum absolute atomic E-state index is 0. The van der Waals surface area contributed by atoms with Crippen molar-refractivity contribution in [2.75, 3.05) is 13.1 Å². The van der Waals surface area contributed by atoms with Crippen LogP contribution < -0.4 is 10.6 Å². The van der Waals surface area contributed by atoms with Gasteiger partial charge in [-0.15, -0.1) is 24.0 Å². The van der Waals surface area contributed by atoms with Crippen LogP contribution in [-0.2, 0) is 13.6 Å². The van der Waals surface area contributed by atoms with E-state index in [1.54, 1.807) is 4.68 Å². The normalized spacial score (nSPS) is 11.1. The molecule has 0 fully saturated rings. The predicted molar refractivity (Wildman–Crippen MR) is 95.6 cm³/mol. The molecule has 20 heavy (non-hydrogen) atoms. The van der Waals surface area contributed by atoms with Crippen molar-refractivity contribution >= 4 is 29.9 Å². The van der Waals surface area contributed by atoms with Crippen LogP contribution in [-0.4, -0.2) is 28.8 Å². The summed E-state index contributed by atoms with van der Waals surface area (Å²) in [4.78, 5) is 4.56. The average molecular weight is 393 g/mol. The van der Waals surface area contributed by atoms with Crippen LogP contribution in [0.1, 0.15) is 45.1 Å². The number of unbranched alkanes of at least 4 members (excludes halogenated alkanes) is 3. The van der Waals surface area contributed by atoms with E-state index in [9.17, 15) is 0 Å². The van der Waals surface area contributed by atoms with Gasteiger partial charge in [-0.2, -0.15) is 5.10 Å². The molecule has 1 heterocycles. The van der Waals surface area contributed by atoms with Gasteiger partial charge in [-0.25, -0.2) is 4.99 Å². The monoisotopic (exact) mass is 393 g/mol. The smallest absolute Gasteiger partial charge is 0.191 e. The Balaban J connectivity index is 0.00000361. The van der Waals surface area contributed by atoms with Crippen LogP contribution in [0, 0.1) is 0 Å². The largest absolute Gasteiger partial charge is 0.357 e. The molecule has 0 aliphatic carbocycles. The van der Waals surface area contributed by atoms with Crippen LogP contribution in [0.2, 0.25) is 0 Å². The minimum atomic E-state index is 0.